The first kappa shape index (κ1) is 9.60. The van der Waals surface area contributed by atoms with E-state index >= 15 is 0 Å². The summed E-state index contributed by atoms with van der Waals surface area (Å²) in [5.74, 6) is 0. The van der Waals surface area contributed by atoms with Crippen LogP contribution in [0.25, 0.3) is 5.69 Å². The number of hydrogen-bond donors (Lipinski definition) is 1. The van der Waals surface area contributed by atoms with E-state index in [4.69, 9.17) is 5.73 Å². The number of nitrogens with zero attached hydrogens (tertiary/aromatic N) is 2. The minimum Gasteiger partial charge on any atom is -0.326 e. The zero-order valence-corrected chi connectivity index (χ0v) is 9.19. The molecule has 0 unspecified atom stereocenters. The van der Waals surface area contributed by atoms with Gasteiger partial charge in [0.25, 0.3) is 0 Å². The number of aromatic nitrogens is 2. The summed E-state index contributed by atoms with van der Waals surface area (Å²) in [4.78, 5) is 0. The van der Waals surface area contributed by atoms with Gasteiger partial charge < -0.3 is 5.73 Å². The molecule has 0 aliphatic heterocycles. The summed E-state index contributed by atoms with van der Waals surface area (Å²) in [6.07, 6.45) is 5.54. The largest absolute Gasteiger partial charge is 0.326 e. The van der Waals surface area contributed by atoms with Gasteiger partial charge in [-0.3, -0.25) is 0 Å². The second-order valence-corrected chi connectivity index (χ2v) is 4.21. The van der Waals surface area contributed by atoms with Crippen molar-refractivity contribution in [1.82, 2.24) is 9.78 Å². The van der Waals surface area contributed by atoms with Crippen molar-refractivity contribution in [1.29, 1.82) is 0 Å². The van der Waals surface area contributed by atoms with Crippen LogP contribution in [0, 0.1) is 0 Å². The Kier molecular flexibility index (Phi) is 2.26. The van der Waals surface area contributed by atoms with Crippen molar-refractivity contribution >= 4 is 0 Å². The van der Waals surface area contributed by atoms with Crippen LogP contribution in [0.5, 0.6) is 0 Å². The molecule has 0 radical (unpaired) electrons. The molecule has 1 aliphatic carbocycles. The molecule has 0 spiro atoms. The Morgan fingerprint density at radius 1 is 1.25 bits per heavy atom. The quantitative estimate of drug-likeness (QED) is 0.827. The van der Waals surface area contributed by atoms with Gasteiger partial charge in [-0.25, -0.2) is 4.68 Å². The molecule has 0 bridgehead atoms. The fourth-order valence-electron chi connectivity index (χ4n) is 2.43. The first-order valence-corrected chi connectivity index (χ1v) is 5.74. The van der Waals surface area contributed by atoms with Gasteiger partial charge in [-0.15, -0.1) is 0 Å². The van der Waals surface area contributed by atoms with Gasteiger partial charge in [0.2, 0.25) is 0 Å². The molecule has 0 saturated heterocycles. The maximum Gasteiger partial charge on any atom is 0.0693 e. The van der Waals surface area contributed by atoms with Gasteiger partial charge in [-0.2, -0.15) is 5.10 Å². The minimum absolute atomic E-state index is 0.560. The smallest absolute Gasteiger partial charge is 0.0693 e. The fraction of sp³-hybridized carbons (Fsp3) is 0.308. The third-order valence-electron chi connectivity index (χ3n) is 3.25. The van der Waals surface area contributed by atoms with Crippen molar-refractivity contribution in [3.05, 3.63) is 47.3 Å². The average molecular weight is 213 g/mol. The van der Waals surface area contributed by atoms with E-state index in [1.54, 1.807) is 0 Å². The van der Waals surface area contributed by atoms with Crippen LogP contribution in [0.15, 0.2) is 30.5 Å². The zero-order valence-electron chi connectivity index (χ0n) is 9.19. The molecule has 2 aromatic rings. The van der Waals surface area contributed by atoms with Gasteiger partial charge in [-0.05, 0) is 36.5 Å². The summed E-state index contributed by atoms with van der Waals surface area (Å²) in [5.41, 5.74) is 10.8. The Balaban J connectivity index is 2.15. The molecular weight excluding hydrogens is 198 g/mol. The van der Waals surface area contributed by atoms with E-state index in [0.717, 1.165) is 17.7 Å². The number of aryl methyl sites for hydroxylation is 1. The highest BCUT2D eigenvalue weighted by atomic mass is 15.3. The van der Waals surface area contributed by atoms with E-state index in [9.17, 15) is 0 Å². The van der Waals surface area contributed by atoms with Crippen LogP contribution in [-0.4, -0.2) is 9.78 Å². The first-order chi connectivity index (χ1) is 7.90. The van der Waals surface area contributed by atoms with E-state index in [-0.39, 0.29) is 0 Å². The van der Waals surface area contributed by atoms with Crippen LogP contribution in [-0.2, 0) is 19.4 Å². The molecule has 0 saturated carbocycles. The highest BCUT2D eigenvalue weighted by Crippen LogP contribution is 2.25. The Morgan fingerprint density at radius 2 is 2.12 bits per heavy atom. The van der Waals surface area contributed by atoms with Gasteiger partial charge >= 0.3 is 0 Å². The topological polar surface area (TPSA) is 43.8 Å². The highest BCUT2D eigenvalue weighted by Gasteiger charge is 2.18. The first-order valence-electron chi connectivity index (χ1n) is 5.74. The van der Waals surface area contributed by atoms with E-state index in [1.165, 1.54) is 24.1 Å². The second kappa shape index (κ2) is 3.76. The molecule has 3 nitrogen and oxygen atoms in total. The predicted molar refractivity (Wildman–Crippen MR) is 63.5 cm³/mol. The van der Waals surface area contributed by atoms with E-state index in [1.807, 2.05) is 18.3 Å². The Hall–Kier alpha value is -1.61. The summed E-state index contributed by atoms with van der Waals surface area (Å²) >= 11 is 0. The van der Waals surface area contributed by atoms with Gasteiger partial charge in [0, 0.05) is 12.2 Å². The van der Waals surface area contributed by atoms with Crippen LogP contribution >= 0.6 is 0 Å². The molecule has 16 heavy (non-hydrogen) atoms. The molecule has 0 fully saturated rings. The predicted octanol–water partition coefficient (Wildman–Crippen LogP) is 1.82. The molecule has 2 N–H and O–H groups in total. The number of nitrogens with two attached hydrogens (primary N) is 1. The van der Waals surface area contributed by atoms with Gasteiger partial charge in [0.1, 0.15) is 0 Å². The van der Waals surface area contributed by atoms with Crippen LogP contribution in [0.4, 0.5) is 0 Å². The third kappa shape index (κ3) is 1.36. The Morgan fingerprint density at radius 3 is 3.00 bits per heavy atom. The number of rotatable bonds is 2. The maximum atomic E-state index is 5.76. The van der Waals surface area contributed by atoms with E-state index in [0.29, 0.717) is 6.54 Å². The summed E-state index contributed by atoms with van der Waals surface area (Å²) in [6, 6.07) is 8.22. The Labute approximate surface area is 94.9 Å². The molecule has 1 aliphatic rings. The van der Waals surface area contributed by atoms with E-state index < -0.39 is 0 Å². The van der Waals surface area contributed by atoms with Gasteiger partial charge in [0.15, 0.2) is 0 Å². The minimum atomic E-state index is 0.560. The summed E-state index contributed by atoms with van der Waals surface area (Å²) in [7, 11) is 0. The van der Waals surface area contributed by atoms with Crippen LogP contribution in [0.1, 0.15) is 23.2 Å². The molecule has 0 amide bonds. The number of fused-ring (bicyclic) bond motifs is 1. The third-order valence-corrected chi connectivity index (χ3v) is 3.25. The van der Waals surface area contributed by atoms with Gasteiger partial charge in [0.05, 0.1) is 11.9 Å². The van der Waals surface area contributed by atoms with Crippen molar-refractivity contribution in [3.8, 4) is 5.69 Å². The van der Waals surface area contributed by atoms with Crippen molar-refractivity contribution in [2.45, 2.75) is 25.8 Å². The Bertz CT molecular complexity index is 514. The molecular formula is C13H15N3. The monoisotopic (exact) mass is 213 g/mol. The SMILES string of the molecule is NCc1ccccc1-n1ncc2c1CCC2. The van der Waals surface area contributed by atoms with Crippen LogP contribution < -0.4 is 5.73 Å². The molecule has 3 rings (SSSR count). The van der Waals surface area contributed by atoms with Crippen LogP contribution in [0.3, 0.4) is 0 Å². The standard InChI is InChI=1S/C13H15N3/c14-8-10-4-1-2-6-12(10)16-13-7-3-5-11(13)9-15-16/h1-2,4,6,9H,3,5,7-8,14H2. The lowest BCUT2D eigenvalue weighted by Gasteiger charge is -2.10. The van der Waals surface area contributed by atoms with Crippen molar-refractivity contribution in [2.75, 3.05) is 0 Å². The lowest BCUT2D eigenvalue weighted by Crippen LogP contribution is -2.07. The van der Waals surface area contributed by atoms with Gasteiger partial charge in [-0.1, -0.05) is 18.2 Å². The lowest BCUT2D eigenvalue weighted by atomic mass is 10.1. The van der Waals surface area contributed by atoms with Crippen molar-refractivity contribution in [3.63, 3.8) is 0 Å². The van der Waals surface area contributed by atoms with Crippen molar-refractivity contribution in [2.24, 2.45) is 5.73 Å². The molecule has 1 aromatic carbocycles. The second-order valence-electron chi connectivity index (χ2n) is 4.21. The highest BCUT2D eigenvalue weighted by molar-refractivity contribution is 5.43. The van der Waals surface area contributed by atoms with Crippen LogP contribution in [0.2, 0.25) is 0 Å². The lowest BCUT2D eigenvalue weighted by molar-refractivity contribution is 0.776. The molecule has 82 valence electrons. The zero-order chi connectivity index (χ0) is 11.0. The number of benzene rings is 1. The summed E-state index contributed by atoms with van der Waals surface area (Å²) in [6.45, 7) is 0.560. The molecule has 3 heteroatoms. The van der Waals surface area contributed by atoms with Crippen molar-refractivity contribution < 1.29 is 0 Å². The average Bonchev–Trinajstić information content (AvgIpc) is 2.91. The number of para-hydroxylation sites is 1. The fourth-order valence-corrected chi connectivity index (χ4v) is 2.43. The molecule has 0 atom stereocenters. The summed E-state index contributed by atoms with van der Waals surface area (Å²) < 4.78 is 2.06. The van der Waals surface area contributed by atoms with E-state index in [2.05, 4.69) is 21.9 Å². The normalized spacial score (nSPS) is 14.1. The number of hydrogen-bond acceptors (Lipinski definition) is 2. The molecule has 1 aromatic heterocycles. The molecule has 1 heterocycles. The summed E-state index contributed by atoms with van der Waals surface area (Å²) in [5, 5.41) is 4.48. The maximum absolute atomic E-state index is 5.76.